The van der Waals surface area contributed by atoms with Crippen molar-refractivity contribution in [2.45, 2.75) is 103 Å². The van der Waals surface area contributed by atoms with Crippen molar-refractivity contribution in [3.63, 3.8) is 0 Å². The maximum absolute atomic E-state index is 13.5. The Morgan fingerprint density at radius 1 is 1.00 bits per heavy atom. The fraction of sp³-hybridized carbons (Fsp3) is 0.643. The van der Waals surface area contributed by atoms with Crippen LogP contribution in [0.5, 0.6) is 0 Å². The van der Waals surface area contributed by atoms with Crippen molar-refractivity contribution in [1.82, 2.24) is 4.90 Å². The van der Waals surface area contributed by atoms with E-state index in [2.05, 4.69) is 6.58 Å². The number of ether oxygens (including phenoxy) is 6. The SMILES string of the molecule is C=C(C(=O)OCOC(C)(C)C)C1C2OC(C)(C)OC2C(COCc2ccccc2)N1C(=O)OC(C)(C)C. The predicted molar refractivity (Wildman–Crippen MR) is 137 cm³/mol. The predicted octanol–water partition coefficient (Wildman–Crippen LogP) is 4.58. The number of hydrogen-bond acceptors (Lipinski definition) is 8. The Balaban J connectivity index is 1.86. The summed E-state index contributed by atoms with van der Waals surface area (Å²) in [4.78, 5) is 28.0. The van der Waals surface area contributed by atoms with Crippen LogP contribution in [0.3, 0.4) is 0 Å². The van der Waals surface area contributed by atoms with Gasteiger partial charge in [-0.25, -0.2) is 9.59 Å². The zero-order chi connectivity index (χ0) is 27.6. The van der Waals surface area contributed by atoms with Crippen LogP contribution >= 0.6 is 0 Å². The van der Waals surface area contributed by atoms with Crippen LogP contribution in [0, 0.1) is 0 Å². The van der Waals surface area contributed by atoms with Gasteiger partial charge in [0.2, 0.25) is 0 Å². The summed E-state index contributed by atoms with van der Waals surface area (Å²) in [6.45, 7) is 18.7. The van der Waals surface area contributed by atoms with Crippen LogP contribution in [0.25, 0.3) is 0 Å². The quantitative estimate of drug-likeness (QED) is 0.280. The lowest BCUT2D eigenvalue weighted by molar-refractivity contribution is -0.172. The molecule has 9 heteroatoms. The molecule has 0 bridgehead atoms. The number of benzene rings is 1. The summed E-state index contributed by atoms with van der Waals surface area (Å²) >= 11 is 0. The molecule has 4 atom stereocenters. The second-order valence-electron chi connectivity index (χ2n) is 11.8. The molecule has 0 radical (unpaired) electrons. The molecule has 2 aliphatic rings. The summed E-state index contributed by atoms with van der Waals surface area (Å²) in [5.74, 6) is -1.62. The third-order valence-electron chi connectivity index (χ3n) is 5.82. The first kappa shape index (κ1) is 29.1. The zero-order valence-electron chi connectivity index (χ0n) is 23.2. The van der Waals surface area contributed by atoms with Crippen LogP contribution in [0.2, 0.25) is 0 Å². The van der Waals surface area contributed by atoms with E-state index in [4.69, 9.17) is 28.4 Å². The minimum Gasteiger partial charge on any atom is -0.444 e. The van der Waals surface area contributed by atoms with Gasteiger partial charge in [0.25, 0.3) is 0 Å². The zero-order valence-corrected chi connectivity index (χ0v) is 23.2. The lowest BCUT2D eigenvalue weighted by atomic mass is 10.0. The lowest BCUT2D eigenvalue weighted by Crippen LogP contribution is -2.51. The van der Waals surface area contributed by atoms with E-state index >= 15 is 0 Å². The minimum atomic E-state index is -0.926. The topological polar surface area (TPSA) is 92.8 Å². The molecule has 0 saturated carbocycles. The maximum Gasteiger partial charge on any atom is 0.411 e. The van der Waals surface area contributed by atoms with Crippen molar-refractivity contribution in [2.75, 3.05) is 13.4 Å². The summed E-state index contributed by atoms with van der Waals surface area (Å²) in [6, 6.07) is 8.25. The van der Waals surface area contributed by atoms with Gasteiger partial charge in [-0.1, -0.05) is 36.9 Å². The Labute approximate surface area is 220 Å². The summed E-state index contributed by atoms with van der Waals surface area (Å²) in [7, 11) is 0. The van der Waals surface area contributed by atoms with Crippen molar-refractivity contribution in [3.05, 3.63) is 48.0 Å². The van der Waals surface area contributed by atoms with Gasteiger partial charge < -0.3 is 28.4 Å². The second kappa shape index (κ2) is 11.1. The van der Waals surface area contributed by atoms with Gasteiger partial charge in [-0.3, -0.25) is 4.90 Å². The molecule has 0 aliphatic carbocycles. The summed E-state index contributed by atoms with van der Waals surface area (Å²) in [6.07, 6.45) is -1.86. The van der Waals surface area contributed by atoms with Crippen molar-refractivity contribution >= 4 is 12.1 Å². The van der Waals surface area contributed by atoms with Crippen LogP contribution in [0.1, 0.15) is 61.0 Å². The van der Waals surface area contributed by atoms with Gasteiger partial charge >= 0.3 is 12.1 Å². The third-order valence-corrected chi connectivity index (χ3v) is 5.82. The monoisotopic (exact) mass is 519 g/mol. The van der Waals surface area contributed by atoms with Gasteiger partial charge in [0.1, 0.15) is 17.8 Å². The van der Waals surface area contributed by atoms with Crippen LogP contribution in [0.15, 0.2) is 42.5 Å². The lowest BCUT2D eigenvalue weighted by Gasteiger charge is -2.35. The molecule has 1 amide bonds. The number of hydrogen-bond donors (Lipinski definition) is 0. The highest BCUT2D eigenvalue weighted by Gasteiger charge is 2.61. The van der Waals surface area contributed by atoms with Crippen molar-refractivity contribution in [1.29, 1.82) is 0 Å². The first-order chi connectivity index (χ1) is 17.1. The number of amides is 1. The van der Waals surface area contributed by atoms with Gasteiger partial charge in [0.05, 0.1) is 36.5 Å². The number of fused-ring (bicyclic) bond motifs is 1. The number of likely N-dealkylation sites (tertiary alicyclic amines) is 1. The molecule has 3 rings (SSSR count). The standard InChI is InChI=1S/C28H41NO8/c1-18(24(30)33-17-34-26(2,3)4)21-23-22(35-28(8,9)36-23)20(29(21)25(31)37-27(5,6)7)16-32-15-19-13-11-10-12-14-19/h10-14,20-23H,1,15-17H2,2-9H3. The van der Waals surface area contributed by atoms with E-state index in [-0.39, 0.29) is 19.0 Å². The Kier molecular flexibility index (Phi) is 8.74. The fourth-order valence-electron chi connectivity index (χ4n) is 4.33. The van der Waals surface area contributed by atoms with E-state index in [0.29, 0.717) is 6.61 Å². The molecule has 2 fully saturated rings. The number of carbonyl (C=O) groups excluding carboxylic acids is 2. The summed E-state index contributed by atoms with van der Waals surface area (Å²) in [5.41, 5.74) is -0.215. The number of nitrogens with zero attached hydrogens (tertiary/aromatic N) is 1. The van der Waals surface area contributed by atoms with Crippen molar-refractivity contribution < 1.29 is 38.0 Å². The van der Waals surface area contributed by atoms with E-state index in [9.17, 15) is 9.59 Å². The van der Waals surface area contributed by atoms with Gasteiger partial charge in [0.15, 0.2) is 12.6 Å². The van der Waals surface area contributed by atoms with E-state index in [1.165, 1.54) is 4.90 Å². The first-order valence-corrected chi connectivity index (χ1v) is 12.6. The number of carbonyl (C=O) groups is 2. The van der Waals surface area contributed by atoms with Gasteiger partial charge in [-0.15, -0.1) is 0 Å². The Hall–Kier alpha value is -2.46. The molecule has 2 heterocycles. The Morgan fingerprint density at radius 2 is 1.62 bits per heavy atom. The normalized spacial score (nSPS) is 25.0. The number of esters is 1. The molecule has 2 aliphatic heterocycles. The molecule has 0 N–H and O–H groups in total. The maximum atomic E-state index is 13.5. The molecular formula is C28H41NO8. The highest BCUT2D eigenvalue weighted by Crippen LogP contribution is 2.43. The molecule has 0 aromatic heterocycles. The van der Waals surface area contributed by atoms with Crippen LogP contribution in [0.4, 0.5) is 4.79 Å². The number of rotatable bonds is 8. The highest BCUT2D eigenvalue weighted by molar-refractivity contribution is 5.90. The highest BCUT2D eigenvalue weighted by atomic mass is 16.8. The van der Waals surface area contributed by atoms with E-state index in [0.717, 1.165) is 5.56 Å². The van der Waals surface area contributed by atoms with E-state index < -0.39 is 53.3 Å². The molecule has 2 saturated heterocycles. The summed E-state index contributed by atoms with van der Waals surface area (Å²) < 4.78 is 35.0. The van der Waals surface area contributed by atoms with Gasteiger partial charge in [0, 0.05) is 0 Å². The molecule has 37 heavy (non-hydrogen) atoms. The van der Waals surface area contributed by atoms with Crippen molar-refractivity contribution in [2.24, 2.45) is 0 Å². The summed E-state index contributed by atoms with van der Waals surface area (Å²) in [5, 5.41) is 0. The molecule has 0 spiro atoms. The van der Waals surface area contributed by atoms with Crippen LogP contribution in [-0.2, 0) is 39.8 Å². The van der Waals surface area contributed by atoms with Crippen molar-refractivity contribution in [3.8, 4) is 0 Å². The van der Waals surface area contributed by atoms with Crippen LogP contribution in [-0.4, -0.2) is 71.6 Å². The first-order valence-electron chi connectivity index (χ1n) is 12.6. The third kappa shape index (κ3) is 7.77. The smallest absolute Gasteiger partial charge is 0.411 e. The van der Waals surface area contributed by atoms with Gasteiger partial charge in [-0.05, 0) is 61.0 Å². The second-order valence-corrected chi connectivity index (χ2v) is 11.8. The van der Waals surface area contributed by atoms with E-state index in [1.54, 1.807) is 34.6 Å². The minimum absolute atomic E-state index is 0.0465. The Morgan fingerprint density at radius 3 is 2.22 bits per heavy atom. The van der Waals surface area contributed by atoms with E-state index in [1.807, 2.05) is 51.1 Å². The average Bonchev–Trinajstić information content (AvgIpc) is 3.22. The molecule has 4 unspecified atom stereocenters. The average molecular weight is 520 g/mol. The molecule has 1 aromatic rings. The molecule has 9 nitrogen and oxygen atoms in total. The fourth-order valence-corrected chi connectivity index (χ4v) is 4.33. The molecule has 206 valence electrons. The molecule has 1 aromatic carbocycles. The van der Waals surface area contributed by atoms with Gasteiger partial charge in [-0.2, -0.15) is 0 Å². The van der Waals surface area contributed by atoms with Crippen LogP contribution < -0.4 is 0 Å². The largest absolute Gasteiger partial charge is 0.444 e. The Bertz CT molecular complexity index is 963. The molecular weight excluding hydrogens is 478 g/mol.